The Bertz CT molecular complexity index is 1500. The van der Waals surface area contributed by atoms with Crippen molar-refractivity contribution >= 4 is 65.2 Å². The Labute approximate surface area is 162 Å². The summed E-state index contributed by atoms with van der Waals surface area (Å²) in [6.45, 7) is 0. The molecule has 0 atom stereocenters. The van der Waals surface area contributed by atoms with E-state index in [1.807, 2.05) is 24.3 Å². The molecule has 3 nitrogen and oxygen atoms in total. The molecule has 0 fully saturated rings. The third-order valence-corrected chi connectivity index (χ3v) is 6.15. The van der Waals surface area contributed by atoms with Crippen LogP contribution in [0.5, 0.6) is 0 Å². The summed E-state index contributed by atoms with van der Waals surface area (Å²) in [6, 6.07) is 22.7. The van der Waals surface area contributed by atoms with Crippen molar-refractivity contribution in [3.05, 3.63) is 72.0 Å². The molecule has 0 aliphatic carbocycles. The van der Waals surface area contributed by atoms with Crippen LogP contribution in [0.25, 0.3) is 53.5 Å². The summed E-state index contributed by atoms with van der Waals surface area (Å²) in [5, 5.41) is 3.69. The van der Waals surface area contributed by atoms with E-state index in [-0.39, 0.29) is 5.28 Å². The molecule has 0 saturated heterocycles. The molecule has 0 saturated carbocycles. The molecule has 27 heavy (non-hydrogen) atoms. The number of fused-ring (bicyclic) bond motifs is 6. The zero-order chi connectivity index (χ0) is 18.0. The van der Waals surface area contributed by atoms with Gasteiger partial charge < -0.3 is 4.42 Å². The SMILES string of the molecule is Clc1nc(-c2ccc3c(c2)sc2ccccc23)c2oc3ccccc3c2n1. The molecule has 3 heterocycles. The number of furan rings is 1. The second kappa shape index (κ2) is 5.52. The first-order valence-electron chi connectivity index (χ1n) is 8.54. The Balaban J connectivity index is 1.68. The standard InChI is InChI=1S/C22H11ClN2OS/c23-22-24-19(21-20(25-22)15-6-1-3-7-16(15)26-21)12-9-10-14-13-5-2-4-8-17(13)27-18(14)11-12/h1-11H. The van der Waals surface area contributed by atoms with E-state index in [2.05, 4.69) is 52.4 Å². The second-order valence-electron chi connectivity index (χ2n) is 6.43. The molecule has 0 aliphatic heterocycles. The van der Waals surface area contributed by atoms with E-state index in [1.54, 1.807) is 11.3 Å². The molecule has 0 spiro atoms. The van der Waals surface area contributed by atoms with Crippen molar-refractivity contribution in [3.63, 3.8) is 0 Å². The number of thiophene rings is 1. The Morgan fingerprint density at radius 3 is 2.48 bits per heavy atom. The van der Waals surface area contributed by atoms with Gasteiger partial charge in [-0.05, 0) is 35.9 Å². The van der Waals surface area contributed by atoms with Gasteiger partial charge in [-0.3, -0.25) is 0 Å². The lowest BCUT2D eigenvalue weighted by atomic mass is 10.1. The first-order valence-corrected chi connectivity index (χ1v) is 9.74. The minimum atomic E-state index is 0.223. The number of hydrogen-bond acceptors (Lipinski definition) is 4. The highest BCUT2D eigenvalue weighted by Crippen LogP contribution is 2.39. The maximum Gasteiger partial charge on any atom is 0.223 e. The third kappa shape index (κ3) is 2.21. The number of hydrogen-bond donors (Lipinski definition) is 0. The minimum absolute atomic E-state index is 0.223. The first-order chi connectivity index (χ1) is 13.3. The van der Waals surface area contributed by atoms with Gasteiger partial charge in [0, 0.05) is 31.1 Å². The van der Waals surface area contributed by atoms with Crippen LogP contribution in [0.4, 0.5) is 0 Å². The number of nitrogens with zero attached hydrogens (tertiary/aromatic N) is 2. The molecule has 3 aromatic heterocycles. The second-order valence-corrected chi connectivity index (χ2v) is 7.85. The van der Waals surface area contributed by atoms with Gasteiger partial charge in [0.2, 0.25) is 5.28 Å². The van der Waals surface area contributed by atoms with Crippen molar-refractivity contribution in [2.75, 3.05) is 0 Å². The topological polar surface area (TPSA) is 38.9 Å². The van der Waals surface area contributed by atoms with Crippen molar-refractivity contribution in [2.24, 2.45) is 0 Å². The summed E-state index contributed by atoms with van der Waals surface area (Å²) < 4.78 is 8.58. The van der Waals surface area contributed by atoms with Crippen molar-refractivity contribution < 1.29 is 4.42 Å². The van der Waals surface area contributed by atoms with Crippen LogP contribution in [-0.4, -0.2) is 9.97 Å². The van der Waals surface area contributed by atoms with Gasteiger partial charge >= 0.3 is 0 Å². The van der Waals surface area contributed by atoms with Crippen molar-refractivity contribution in [1.82, 2.24) is 9.97 Å². The fraction of sp³-hybridized carbons (Fsp3) is 0. The number of aromatic nitrogens is 2. The fourth-order valence-corrected chi connectivity index (χ4v) is 4.95. The van der Waals surface area contributed by atoms with Crippen molar-refractivity contribution in [2.45, 2.75) is 0 Å². The smallest absolute Gasteiger partial charge is 0.223 e. The van der Waals surface area contributed by atoms with Crippen molar-refractivity contribution in [1.29, 1.82) is 0 Å². The van der Waals surface area contributed by atoms with Crippen LogP contribution in [-0.2, 0) is 0 Å². The van der Waals surface area contributed by atoms with Gasteiger partial charge in [-0.25, -0.2) is 9.97 Å². The van der Waals surface area contributed by atoms with Gasteiger partial charge in [-0.15, -0.1) is 11.3 Å². The molecule has 6 rings (SSSR count). The van der Waals surface area contributed by atoms with Gasteiger partial charge in [0.1, 0.15) is 16.8 Å². The minimum Gasteiger partial charge on any atom is -0.452 e. The maximum absolute atomic E-state index is 6.25. The normalized spacial score (nSPS) is 11.9. The fourth-order valence-electron chi connectivity index (χ4n) is 3.63. The zero-order valence-electron chi connectivity index (χ0n) is 13.9. The summed E-state index contributed by atoms with van der Waals surface area (Å²) in [5.41, 5.74) is 3.90. The predicted molar refractivity (Wildman–Crippen MR) is 113 cm³/mol. The van der Waals surface area contributed by atoms with Crippen LogP contribution < -0.4 is 0 Å². The summed E-state index contributed by atoms with van der Waals surface area (Å²) in [6.07, 6.45) is 0. The Kier molecular flexibility index (Phi) is 3.10. The maximum atomic E-state index is 6.25. The average Bonchev–Trinajstić information content (AvgIpc) is 3.25. The molecule has 0 unspecified atom stereocenters. The van der Waals surface area contributed by atoms with Crippen LogP contribution in [0, 0.1) is 0 Å². The molecular weight excluding hydrogens is 376 g/mol. The number of rotatable bonds is 1. The largest absolute Gasteiger partial charge is 0.452 e. The Morgan fingerprint density at radius 1 is 0.778 bits per heavy atom. The third-order valence-electron chi connectivity index (χ3n) is 4.84. The molecule has 0 radical (unpaired) electrons. The highest BCUT2D eigenvalue weighted by atomic mass is 35.5. The zero-order valence-corrected chi connectivity index (χ0v) is 15.5. The quantitative estimate of drug-likeness (QED) is 0.284. The highest BCUT2D eigenvalue weighted by molar-refractivity contribution is 7.25. The molecule has 5 heteroatoms. The summed E-state index contributed by atoms with van der Waals surface area (Å²) in [7, 11) is 0. The number of benzene rings is 3. The van der Waals surface area contributed by atoms with Gasteiger partial charge in [0.25, 0.3) is 0 Å². The van der Waals surface area contributed by atoms with Gasteiger partial charge in [-0.2, -0.15) is 0 Å². The number of halogens is 1. The van der Waals surface area contributed by atoms with Crippen LogP contribution in [0.3, 0.4) is 0 Å². The lowest BCUT2D eigenvalue weighted by Gasteiger charge is -2.03. The Hall–Kier alpha value is -2.95. The van der Waals surface area contributed by atoms with Crippen LogP contribution in [0.1, 0.15) is 0 Å². The summed E-state index contributed by atoms with van der Waals surface area (Å²) in [4.78, 5) is 8.90. The van der Waals surface area contributed by atoms with Gasteiger partial charge in [0.05, 0.1) is 0 Å². The van der Waals surface area contributed by atoms with Crippen molar-refractivity contribution in [3.8, 4) is 11.3 Å². The molecule has 3 aromatic carbocycles. The highest BCUT2D eigenvalue weighted by Gasteiger charge is 2.17. The average molecular weight is 387 g/mol. The van der Waals surface area contributed by atoms with Gasteiger partial charge in [0.15, 0.2) is 5.58 Å². The predicted octanol–water partition coefficient (Wildman–Crippen LogP) is 7.06. The van der Waals surface area contributed by atoms with Crippen LogP contribution in [0.15, 0.2) is 71.1 Å². The van der Waals surface area contributed by atoms with Crippen LogP contribution in [0.2, 0.25) is 5.28 Å². The lowest BCUT2D eigenvalue weighted by Crippen LogP contribution is -1.89. The van der Waals surface area contributed by atoms with E-state index in [9.17, 15) is 0 Å². The summed E-state index contributed by atoms with van der Waals surface area (Å²) in [5.74, 6) is 0. The molecule has 0 amide bonds. The monoisotopic (exact) mass is 386 g/mol. The van der Waals surface area contributed by atoms with E-state index in [1.165, 1.54) is 20.2 Å². The summed E-state index contributed by atoms with van der Waals surface area (Å²) >= 11 is 8.03. The van der Waals surface area contributed by atoms with E-state index in [4.69, 9.17) is 16.0 Å². The van der Waals surface area contributed by atoms with Gasteiger partial charge in [-0.1, -0.05) is 42.5 Å². The molecule has 0 bridgehead atoms. The molecule has 128 valence electrons. The molecular formula is C22H11ClN2OS. The lowest BCUT2D eigenvalue weighted by molar-refractivity contribution is 0.667. The molecule has 0 N–H and O–H groups in total. The van der Waals surface area contributed by atoms with E-state index in [0.29, 0.717) is 5.58 Å². The first kappa shape index (κ1) is 15.1. The Morgan fingerprint density at radius 2 is 1.56 bits per heavy atom. The van der Waals surface area contributed by atoms with E-state index >= 15 is 0 Å². The number of para-hydroxylation sites is 1. The molecule has 6 aromatic rings. The van der Waals surface area contributed by atoms with E-state index < -0.39 is 0 Å². The van der Waals surface area contributed by atoms with Crippen LogP contribution >= 0.6 is 22.9 Å². The molecule has 0 aliphatic rings. The van der Waals surface area contributed by atoms with E-state index in [0.717, 1.165) is 27.7 Å².